The van der Waals surface area contributed by atoms with Crippen LogP contribution in [0.3, 0.4) is 0 Å². The Bertz CT molecular complexity index is 714. The number of morpholine rings is 1. The normalized spacial score (nSPS) is 20.1. The Balaban J connectivity index is 1.53. The smallest absolute Gasteiger partial charge is 0.279 e. The highest BCUT2D eigenvalue weighted by atomic mass is 32.2. The van der Waals surface area contributed by atoms with Gasteiger partial charge in [0.15, 0.2) is 0 Å². The molecule has 3 heterocycles. The molecule has 1 amide bonds. The van der Waals surface area contributed by atoms with Crippen LogP contribution in [0, 0.1) is 0 Å². The molecule has 0 saturated carbocycles. The summed E-state index contributed by atoms with van der Waals surface area (Å²) in [4.78, 5) is 21.5. The van der Waals surface area contributed by atoms with Crippen LogP contribution in [0.4, 0.5) is 5.95 Å². The summed E-state index contributed by atoms with van der Waals surface area (Å²) in [6.45, 7) is 2.78. The van der Waals surface area contributed by atoms with Crippen LogP contribution in [0.15, 0.2) is 12.4 Å². The highest BCUT2D eigenvalue weighted by Crippen LogP contribution is 2.17. The van der Waals surface area contributed by atoms with E-state index in [4.69, 9.17) is 9.94 Å². The zero-order valence-corrected chi connectivity index (χ0v) is 15.0. The second kappa shape index (κ2) is 8.22. The average Bonchev–Trinajstić information content (AvgIpc) is 2.68. The molecule has 1 aromatic heterocycles. The van der Waals surface area contributed by atoms with Crippen molar-refractivity contribution >= 4 is 22.1 Å². The second-order valence-corrected chi connectivity index (χ2v) is 7.81. The molecule has 0 bridgehead atoms. The fourth-order valence-corrected chi connectivity index (χ4v) is 4.37. The lowest BCUT2D eigenvalue weighted by molar-refractivity contribution is 0.0705. The first kappa shape index (κ1) is 18.9. The Labute approximate surface area is 151 Å². The molecule has 1 aromatic rings. The molecule has 3 rings (SSSR count). The number of hydrogen-bond acceptors (Lipinski definition) is 8. The maximum atomic E-state index is 12.4. The van der Waals surface area contributed by atoms with Crippen LogP contribution in [-0.2, 0) is 14.9 Å². The summed E-state index contributed by atoms with van der Waals surface area (Å²) < 4.78 is 34.2. The maximum absolute atomic E-state index is 12.4. The number of rotatable bonds is 5. The van der Waals surface area contributed by atoms with Gasteiger partial charge in [0.05, 0.1) is 18.8 Å². The number of hydroxylamine groups is 1. The molecule has 0 atom stereocenters. The van der Waals surface area contributed by atoms with Gasteiger partial charge < -0.3 is 9.64 Å². The monoisotopic (exact) mass is 386 g/mol. The number of carbonyl (C=O) groups is 1. The number of amides is 1. The minimum Gasteiger partial charge on any atom is -0.379 e. The number of anilines is 1. The van der Waals surface area contributed by atoms with Crippen molar-refractivity contribution in [1.29, 1.82) is 0 Å². The molecule has 0 radical (unpaired) electrons. The van der Waals surface area contributed by atoms with E-state index in [-0.39, 0.29) is 11.6 Å². The maximum Gasteiger partial charge on any atom is 0.279 e. The molecular formula is C14H22N6O5S. The molecule has 12 heteroatoms. The predicted molar refractivity (Wildman–Crippen MR) is 91.0 cm³/mol. The molecule has 0 unspecified atom stereocenters. The topological polar surface area (TPSA) is 137 Å². The number of piperidine rings is 1. The lowest BCUT2D eigenvalue weighted by atomic mass is 10.1. The van der Waals surface area contributed by atoms with E-state index in [1.165, 1.54) is 22.2 Å². The number of nitrogens with one attached hydrogen (secondary N) is 2. The van der Waals surface area contributed by atoms with Gasteiger partial charge in [-0.25, -0.2) is 15.4 Å². The van der Waals surface area contributed by atoms with Crippen LogP contribution < -0.4 is 15.1 Å². The summed E-state index contributed by atoms with van der Waals surface area (Å²) in [6.07, 6.45) is 3.93. The quantitative estimate of drug-likeness (QED) is 0.421. The van der Waals surface area contributed by atoms with Gasteiger partial charge in [0, 0.05) is 44.6 Å². The summed E-state index contributed by atoms with van der Waals surface area (Å²) >= 11 is 0. The molecule has 26 heavy (non-hydrogen) atoms. The van der Waals surface area contributed by atoms with E-state index in [1.54, 1.807) is 0 Å². The third-order valence-electron chi connectivity index (χ3n) is 4.41. The fraction of sp³-hybridized carbons (Fsp3) is 0.643. The van der Waals surface area contributed by atoms with Crippen LogP contribution in [0.25, 0.3) is 0 Å². The number of ether oxygens (including phenoxy) is 1. The van der Waals surface area contributed by atoms with Crippen molar-refractivity contribution in [2.75, 3.05) is 44.3 Å². The first-order chi connectivity index (χ1) is 12.5. The third-order valence-corrected chi connectivity index (χ3v) is 6.08. The Morgan fingerprint density at radius 1 is 1.15 bits per heavy atom. The van der Waals surface area contributed by atoms with Gasteiger partial charge in [0.25, 0.3) is 16.1 Å². The van der Waals surface area contributed by atoms with Crippen molar-refractivity contribution in [2.45, 2.75) is 18.9 Å². The van der Waals surface area contributed by atoms with Crippen molar-refractivity contribution < 1.29 is 23.2 Å². The summed E-state index contributed by atoms with van der Waals surface area (Å²) in [5.74, 6) is -0.207. The molecule has 2 saturated heterocycles. The van der Waals surface area contributed by atoms with E-state index in [1.807, 2.05) is 4.90 Å². The van der Waals surface area contributed by atoms with E-state index in [2.05, 4.69) is 14.7 Å². The predicted octanol–water partition coefficient (Wildman–Crippen LogP) is -1.27. The third kappa shape index (κ3) is 4.45. The lowest BCUT2D eigenvalue weighted by Crippen LogP contribution is -2.52. The number of hydrogen-bond donors (Lipinski definition) is 3. The molecule has 2 aliphatic rings. The van der Waals surface area contributed by atoms with E-state index in [0.717, 1.165) is 0 Å². The summed E-state index contributed by atoms with van der Waals surface area (Å²) in [6, 6.07) is -0.140. The molecule has 2 aliphatic heterocycles. The van der Waals surface area contributed by atoms with E-state index >= 15 is 0 Å². The van der Waals surface area contributed by atoms with Crippen LogP contribution in [0.2, 0.25) is 0 Å². The Kier molecular flexibility index (Phi) is 5.98. The summed E-state index contributed by atoms with van der Waals surface area (Å²) in [5.41, 5.74) is 1.68. The van der Waals surface area contributed by atoms with Gasteiger partial charge in [0.1, 0.15) is 0 Å². The van der Waals surface area contributed by atoms with Crippen LogP contribution in [0.5, 0.6) is 0 Å². The molecule has 2 fully saturated rings. The van der Waals surface area contributed by atoms with Crippen LogP contribution >= 0.6 is 0 Å². The van der Waals surface area contributed by atoms with Gasteiger partial charge in [-0.2, -0.15) is 17.4 Å². The molecule has 11 nitrogen and oxygen atoms in total. The van der Waals surface area contributed by atoms with Crippen molar-refractivity contribution in [3.63, 3.8) is 0 Å². The van der Waals surface area contributed by atoms with Gasteiger partial charge in [-0.3, -0.25) is 10.0 Å². The molecule has 0 aromatic carbocycles. The van der Waals surface area contributed by atoms with Crippen LogP contribution in [-0.4, -0.2) is 79.2 Å². The van der Waals surface area contributed by atoms with Crippen LogP contribution in [0.1, 0.15) is 23.2 Å². The first-order valence-corrected chi connectivity index (χ1v) is 9.80. The average molecular weight is 386 g/mol. The molecular weight excluding hydrogens is 364 g/mol. The van der Waals surface area contributed by atoms with Crippen molar-refractivity contribution in [3.8, 4) is 0 Å². The Morgan fingerprint density at radius 3 is 2.35 bits per heavy atom. The standard InChI is InChI=1S/C14H22N6O5S/c21-13(17-22)11-9-15-14(16-10-11)19-3-1-12(2-4-19)18-26(23,24)20-5-7-25-8-6-20/h9-10,12,18,22H,1-8H2,(H,17,21). The summed E-state index contributed by atoms with van der Waals surface area (Å²) in [5, 5.41) is 8.59. The van der Waals surface area contributed by atoms with Gasteiger partial charge in [-0.15, -0.1) is 0 Å². The van der Waals surface area contributed by atoms with E-state index in [9.17, 15) is 13.2 Å². The first-order valence-electron chi connectivity index (χ1n) is 8.36. The Hall–Kier alpha value is -1.86. The van der Waals surface area contributed by atoms with Crippen molar-refractivity contribution in [3.05, 3.63) is 18.0 Å². The van der Waals surface area contributed by atoms with E-state index < -0.39 is 16.1 Å². The van der Waals surface area contributed by atoms with Crippen molar-refractivity contribution in [1.82, 2.24) is 24.5 Å². The van der Waals surface area contributed by atoms with Crippen molar-refractivity contribution in [2.24, 2.45) is 0 Å². The lowest BCUT2D eigenvalue weighted by Gasteiger charge is -2.34. The minimum atomic E-state index is -3.50. The SMILES string of the molecule is O=C(NO)c1cnc(N2CCC(NS(=O)(=O)N3CCOCC3)CC2)nc1. The number of carbonyl (C=O) groups excluding carboxylic acids is 1. The molecule has 144 valence electrons. The number of aromatic nitrogens is 2. The Morgan fingerprint density at radius 2 is 1.77 bits per heavy atom. The van der Waals surface area contributed by atoms with Gasteiger partial charge >= 0.3 is 0 Å². The van der Waals surface area contributed by atoms with Gasteiger partial charge in [-0.1, -0.05) is 0 Å². The minimum absolute atomic E-state index is 0.140. The van der Waals surface area contributed by atoms with Gasteiger partial charge in [0.2, 0.25) is 5.95 Å². The second-order valence-electron chi connectivity index (χ2n) is 6.11. The van der Waals surface area contributed by atoms with Gasteiger partial charge in [-0.05, 0) is 12.8 Å². The van der Waals surface area contributed by atoms with E-state index in [0.29, 0.717) is 58.2 Å². The highest BCUT2D eigenvalue weighted by Gasteiger charge is 2.29. The largest absolute Gasteiger partial charge is 0.379 e. The molecule has 0 aliphatic carbocycles. The highest BCUT2D eigenvalue weighted by molar-refractivity contribution is 7.87. The fourth-order valence-electron chi connectivity index (χ4n) is 2.94. The number of nitrogens with zero attached hydrogens (tertiary/aromatic N) is 4. The molecule has 0 spiro atoms. The molecule has 3 N–H and O–H groups in total. The summed E-state index contributed by atoms with van der Waals surface area (Å²) in [7, 11) is -3.50. The zero-order valence-electron chi connectivity index (χ0n) is 14.2. The zero-order chi connectivity index (χ0) is 18.6.